The predicted molar refractivity (Wildman–Crippen MR) is 76.3 cm³/mol. The highest BCUT2D eigenvalue weighted by molar-refractivity contribution is 9.10. The fourth-order valence-electron chi connectivity index (χ4n) is 1.74. The zero-order chi connectivity index (χ0) is 14.9. The summed E-state index contributed by atoms with van der Waals surface area (Å²) in [6, 6.07) is 5.49. The van der Waals surface area contributed by atoms with E-state index in [4.69, 9.17) is 0 Å². The van der Waals surface area contributed by atoms with Crippen molar-refractivity contribution in [3.05, 3.63) is 34.2 Å². The Bertz CT molecular complexity index is 709. The quantitative estimate of drug-likeness (QED) is 0.816. The maximum absolute atomic E-state index is 12.5. The molecule has 0 amide bonds. The highest BCUT2D eigenvalue weighted by Gasteiger charge is 2.28. The number of nitrogens with zero attached hydrogens (tertiary/aromatic N) is 5. The van der Waals surface area contributed by atoms with Crippen LogP contribution < -0.4 is 0 Å². The molecule has 0 fully saturated rings. The summed E-state index contributed by atoms with van der Waals surface area (Å²) < 4.78 is 27.6. The van der Waals surface area contributed by atoms with Crippen LogP contribution in [0.1, 0.15) is 11.4 Å². The third kappa shape index (κ3) is 2.89. The molecule has 0 aliphatic carbocycles. The van der Waals surface area contributed by atoms with E-state index in [1.807, 2.05) is 19.1 Å². The van der Waals surface area contributed by atoms with Crippen LogP contribution in [-0.4, -0.2) is 39.7 Å². The van der Waals surface area contributed by atoms with Crippen molar-refractivity contribution < 1.29 is 8.42 Å². The molecule has 0 atom stereocenters. The number of aromatic nitrogens is 4. The van der Waals surface area contributed by atoms with Crippen LogP contribution in [-0.2, 0) is 23.6 Å². The van der Waals surface area contributed by atoms with Crippen molar-refractivity contribution in [1.82, 2.24) is 24.3 Å². The third-order valence-corrected chi connectivity index (χ3v) is 5.41. The second-order valence-electron chi connectivity index (χ2n) is 4.34. The molecule has 0 saturated heterocycles. The molecule has 0 N–H and O–H groups in total. The Balaban J connectivity index is 2.31. The number of halogens is 1. The van der Waals surface area contributed by atoms with Crippen LogP contribution in [0.2, 0.25) is 0 Å². The van der Waals surface area contributed by atoms with E-state index >= 15 is 0 Å². The van der Waals surface area contributed by atoms with Crippen LogP contribution >= 0.6 is 15.9 Å². The number of pyridine rings is 1. The molecule has 0 aromatic carbocycles. The number of hydrogen-bond acceptors (Lipinski definition) is 5. The van der Waals surface area contributed by atoms with Crippen molar-refractivity contribution in [2.45, 2.75) is 18.5 Å². The number of aryl methyl sites for hydroxylation is 2. The Kier molecular flexibility index (Phi) is 4.21. The van der Waals surface area contributed by atoms with E-state index in [0.29, 0.717) is 5.69 Å². The van der Waals surface area contributed by atoms with E-state index in [-0.39, 0.29) is 16.2 Å². The molecule has 0 aliphatic heterocycles. The highest BCUT2D eigenvalue weighted by Crippen LogP contribution is 2.22. The summed E-state index contributed by atoms with van der Waals surface area (Å²) in [5.74, 6) is 0. The highest BCUT2D eigenvalue weighted by atomic mass is 79.9. The lowest BCUT2D eigenvalue weighted by atomic mass is 10.3. The van der Waals surface area contributed by atoms with Crippen molar-refractivity contribution in [3.8, 4) is 0 Å². The van der Waals surface area contributed by atoms with Crippen LogP contribution in [0.15, 0.2) is 27.8 Å². The Labute approximate surface area is 125 Å². The molecule has 2 heterocycles. The van der Waals surface area contributed by atoms with E-state index in [1.54, 1.807) is 6.07 Å². The molecule has 2 aromatic rings. The van der Waals surface area contributed by atoms with Crippen molar-refractivity contribution in [1.29, 1.82) is 0 Å². The summed E-state index contributed by atoms with van der Waals surface area (Å²) in [5.41, 5.74) is 1.53. The van der Waals surface area contributed by atoms with Gasteiger partial charge in [0.15, 0.2) is 4.60 Å². The maximum atomic E-state index is 12.5. The van der Waals surface area contributed by atoms with Gasteiger partial charge in [0, 0.05) is 19.8 Å². The van der Waals surface area contributed by atoms with Gasteiger partial charge in [0.1, 0.15) is 0 Å². The largest absolute Gasteiger partial charge is 0.263 e. The van der Waals surface area contributed by atoms with Crippen molar-refractivity contribution in [2.75, 3.05) is 7.05 Å². The SMILES string of the molecule is Cc1cccc(CN(C)S(=O)(=O)c2c(Br)nnn2C)n1. The molecule has 0 spiro atoms. The van der Waals surface area contributed by atoms with Crippen LogP contribution in [0.5, 0.6) is 0 Å². The van der Waals surface area contributed by atoms with E-state index in [2.05, 4.69) is 31.2 Å². The molecule has 0 bridgehead atoms. The molecule has 0 saturated carbocycles. The van der Waals surface area contributed by atoms with Gasteiger partial charge in [-0.05, 0) is 35.0 Å². The summed E-state index contributed by atoms with van der Waals surface area (Å²) in [6.45, 7) is 2.04. The average Bonchev–Trinajstić information content (AvgIpc) is 2.69. The van der Waals surface area contributed by atoms with Gasteiger partial charge in [-0.1, -0.05) is 11.3 Å². The number of sulfonamides is 1. The number of hydrogen-bond donors (Lipinski definition) is 0. The van der Waals surface area contributed by atoms with Gasteiger partial charge in [0.2, 0.25) is 5.03 Å². The van der Waals surface area contributed by atoms with E-state index in [9.17, 15) is 8.42 Å². The van der Waals surface area contributed by atoms with Crippen LogP contribution in [0, 0.1) is 6.92 Å². The molecule has 9 heteroatoms. The van der Waals surface area contributed by atoms with Crippen molar-refractivity contribution in [3.63, 3.8) is 0 Å². The molecular formula is C11H14BrN5O2S. The standard InChI is InChI=1S/C11H14BrN5O2S/c1-8-5-4-6-9(13-8)7-16(2)20(18,19)11-10(12)14-15-17(11)3/h4-6H,7H2,1-3H3. The smallest absolute Gasteiger partial charge is 0.257 e. The Morgan fingerprint density at radius 3 is 2.65 bits per heavy atom. The Morgan fingerprint density at radius 1 is 1.40 bits per heavy atom. The van der Waals surface area contributed by atoms with E-state index < -0.39 is 10.0 Å². The van der Waals surface area contributed by atoms with Gasteiger partial charge < -0.3 is 0 Å². The van der Waals surface area contributed by atoms with Crippen molar-refractivity contribution in [2.24, 2.45) is 7.05 Å². The second kappa shape index (κ2) is 5.58. The molecular weight excluding hydrogens is 346 g/mol. The van der Waals surface area contributed by atoms with Crippen molar-refractivity contribution >= 4 is 26.0 Å². The first kappa shape index (κ1) is 15.1. The maximum Gasteiger partial charge on any atom is 0.263 e. The third-order valence-electron chi connectivity index (χ3n) is 2.72. The minimum absolute atomic E-state index is 0.0210. The first-order chi connectivity index (χ1) is 9.32. The summed E-state index contributed by atoms with van der Waals surface area (Å²) in [5, 5.41) is 7.40. The normalized spacial score (nSPS) is 12.1. The minimum Gasteiger partial charge on any atom is -0.257 e. The first-order valence-corrected chi connectivity index (χ1v) is 7.99. The molecule has 108 valence electrons. The zero-order valence-electron chi connectivity index (χ0n) is 11.3. The van der Waals surface area contributed by atoms with Crippen LogP contribution in [0.25, 0.3) is 0 Å². The molecule has 0 aliphatic rings. The van der Waals surface area contributed by atoms with Gasteiger partial charge in [-0.3, -0.25) is 4.98 Å². The minimum atomic E-state index is -3.68. The van der Waals surface area contributed by atoms with Gasteiger partial charge in [0.25, 0.3) is 10.0 Å². The topological polar surface area (TPSA) is 81.0 Å². The van der Waals surface area contributed by atoms with E-state index in [0.717, 1.165) is 5.69 Å². The summed E-state index contributed by atoms with van der Waals surface area (Å²) in [6.07, 6.45) is 0. The number of rotatable bonds is 4. The van der Waals surface area contributed by atoms with Gasteiger partial charge in [-0.15, -0.1) is 5.10 Å². The fraction of sp³-hybridized carbons (Fsp3) is 0.364. The second-order valence-corrected chi connectivity index (χ2v) is 7.05. The Morgan fingerprint density at radius 2 is 2.10 bits per heavy atom. The van der Waals surface area contributed by atoms with Gasteiger partial charge >= 0.3 is 0 Å². The van der Waals surface area contributed by atoms with Gasteiger partial charge in [0.05, 0.1) is 12.2 Å². The lowest BCUT2D eigenvalue weighted by molar-refractivity contribution is 0.452. The molecule has 20 heavy (non-hydrogen) atoms. The molecule has 2 aromatic heterocycles. The monoisotopic (exact) mass is 359 g/mol. The summed E-state index contributed by atoms with van der Waals surface area (Å²) >= 11 is 3.10. The average molecular weight is 360 g/mol. The lowest BCUT2D eigenvalue weighted by Gasteiger charge is -2.16. The molecule has 0 unspecified atom stereocenters. The fourth-order valence-corrected chi connectivity index (χ4v) is 3.91. The van der Waals surface area contributed by atoms with Crippen LogP contribution in [0.3, 0.4) is 0 Å². The molecule has 0 radical (unpaired) electrons. The first-order valence-electron chi connectivity index (χ1n) is 5.76. The predicted octanol–water partition coefficient (Wildman–Crippen LogP) is 1.10. The van der Waals surface area contributed by atoms with E-state index in [1.165, 1.54) is 23.1 Å². The molecule has 7 nitrogen and oxygen atoms in total. The lowest BCUT2D eigenvalue weighted by Crippen LogP contribution is -2.29. The molecule has 2 rings (SSSR count). The zero-order valence-corrected chi connectivity index (χ0v) is 13.7. The van der Waals surface area contributed by atoms with Gasteiger partial charge in [-0.25, -0.2) is 13.1 Å². The van der Waals surface area contributed by atoms with Crippen LogP contribution in [0.4, 0.5) is 0 Å². The summed E-state index contributed by atoms with van der Waals surface area (Å²) in [4.78, 5) is 4.30. The van der Waals surface area contributed by atoms with Gasteiger partial charge in [-0.2, -0.15) is 4.31 Å². The summed E-state index contributed by atoms with van der Waals surface area (Å²) in [7, 11) is -0.654. The Hall–Kier alpha value is -1.32.